The van der Waals surface area contributed by atoms with Gasteiger partial charge in [-0.3, -0.25) is 0 Å². The highest BCUT2D eigenvalue weighted by Crippen LogP contribution is 2.31. The third kappa shape index (κ3) is 7.75. The fraction of sp³-hybridized carbons (Fsp3) is 1.00. The second-order valence-electron chi connectivity index (χ2n) is 11.2. The first-order chi connectivity index (χ1) is 21.2. The van der Waals surface area contributed by atoms with E-state index in [1.165, 1.54) is 0 Å². The minimum absolute atomic E-state index is 0.692. The van der Waals surface area contributed by atoms with E-state index in [2.05, 4.69) is 0 Å². The normalized spacial score (nSPS) is 52.9. The molecular weight excluding hydrogens is 624 g/mol. The zero-order valence-electron chi connectivity index (χ0n) is 23.5. The van der Waals surface area contributed by atoms with Crippen molar-refractivity contribution in [1.29, 1.82) is 0 Å². The maximum Gasteiger partial charge on any atom is 0.187 e. The Hall–Kier alpha value is -0.840. The van der Waals surface area contributed by atoms with Gasteiger partial charge in [-0.05, 0) is 0 Å². The molecule has 4 heterocycles. The fourth-order valence-corrected chi connectivity index (χ4v) is 5.33. The maximum atomic E-state index is 10.7. The quantitative estimate of drug-likeness (QED) is 0.103. The standard InChI is InChI=1S/C24H42O21/c25-1-5-9(27)12(30)17(35)22(42-5)39-3-7-11(29)14(32)19(37)24(44-7)45-20-8(41-21(38)16(34)15(20)33)4-40-23-18(36)13(31)10(28)6(2-26)43-23/h5-38H,1-4H2/t5?,6?,7?,8?,9-,10-,11+,12-,13-,14-,15+,16+,17-,18-,19+,20-,21+,22+,23-,24-/m0/s1. The SMILES string of the molecule is OCC1O[C@@H](OCC2O[C@@H](O[C@H]3C(CO[C@H]4OC(CO)[C@H](O)[C@H](O)[C@@H]4O)O[C@@H](O)[C@H](O)[C@H]3O)[C@H](O)[C@@H](O)[C@@H]2O)[C@@H](O)[C@@H](O)[C@H]1O. The molecule has 0 spiro atoms. The van der Waals surface area contributed by atoms with Crippen LogP contribution in [0.15, 0.2) is 0 Å². The van der Waals surface area contributed by atoms with Crippen LogP contribution >= 0.6 is 0 Å². The van der Waals surface area contributed by atoms with Gasteiger partial charge in [0, 0.05) is 0 Å². The van der Waals surface area contributed by atoms with E-state index in [0.717, 1.165) is 0 Å². The summed E-state index contributed by atoms with van der Waals surface area (Å²) in [5.41, 5.74) is 0. The third-order valence-electron chi connectivity index (χ3n) is 8.17. The predicted molar refractivity (Wildman–Crippen MR) is 134 cm³/mol. The molecule has 0 amide bonds. The largest absolute Gasteiger partial charge is 0.394 e. The molecule has 0 aromatic carbocycles. The van der Waals surface area contributed by atoms with Crippen molar-refractivity contribution in [3.8, 4) is 0 Å². The lowest BCUT2D eigenvalue weighted by molar-refractivity contribution is -0.368. The molecule has 4 rings (SSSR count). The highest BCUT2D eigenvalue weighted by molar-refractivity contribution is 4.95. The van der Waals surface area contributed by atoms with E-state index in [-0.39, 0.29) is 0 Å². The number of ether oxygens (including phenoxy) is 7. The predicted octanol–water partition coefficient (Wildman–Crippen LogP) is -9.75. The second kappa shape index (κ2) is 15.6. The average Bonchev–Trinajstić information content (AvgIpc) is 3.02. The third-order valence-corrected chi connectivity index (χ3v) is 8.17. The van der Waals surface area contributed by atoms with Gasteiger partial charge in [-0.15, -0.1) is 0 Å². The van der Waals surface area contributed by atoms with Crippen LogP contribution in [0.4, 0.5) is 0 Å². The van der Waals surface area contributed by atoms with Crippen LogP contribution < -0.4 is 0 Å². The van der Waals surface area contributed by atoms with Crippen molar-refractivity contribution in [3.63, 3.8) is 0 Å². The molecule has 4 saturated heterocycles. The van der Waals surface area contributed by atoms with Crippen LogP contribution in [0.2, 0.25) is 0 Å². The van der Waals surface area contributed by atoms with Gasteiger partial charge in [-0.25, -0.2) is 0 Å². The Kier molecular flexibility index (Phi) is 12.8. The first-order valence-electron chi connectivity index (χ1n) is 14.1. The summed E-state index contributed by atoms with van der Waals surface area (Å²) in [6, 6.07) is 0. The average molecular weight is 667 g/mol. The molecule has 21 heteroatoms. The maximum absolute atomic E-state index is 10.7. The summed E-state index contributed by atoms with van der Waals surface area (Å²) in [5, 5.41) is 141. The van der Waals surface area contributed by atoms with E-state index < -0.39 is 149 Å². The van der Waals surface area contributed by atoms with Crippen LogP contribution in [0, 0.1) is 0 Å². The van der Waals surface area contributed by atoms with Gasteiger partial charge in [0.15, 0.2) is 25.2 Å². The summed E-state index contributed by atoms with van der Waals surface area (Å²) >= 11 is 0. The molecule has 0 aliphatic carbocycles. The minimum Gasteiger partial charge on any atom is -0.394 e. The second-order valence-corrected chi connectivity index (χ2v) is 11.2. The van der Waals surface area contributed by atoms with Gasteiger partial charge in [0.1, 0.15) is 97.7 Å². The van der Waals surface area contributed by atoms with Crippen LogP contribution in [0.25, 0.3) is 0 Å². The molecule has 0 aromatic rings. The van der Waals surface area contributed by atoms with Gasteiger partial charge in [0.25, 0.3) is 0 Å². The number of aliphatic hydroxyl groups excluding tert-OH is 14. The summed E-state index contributed by atoms with van der Waals surface area (Å²) in [7, 11) is 0. The molecule has 0 radical (unpaired) electrons. The van der Waals surface area contributed by atoms with Gasteiger partial charge < -0.3 is 105 Å². The number of aliphatic hydroxyl groups is 14. The van der Waals surface area contributed by atoms with E-state index in [1.807, 2.05) is 0 Å². The van der Waals surface area contributed by atoms with Gasteiger partial charge >= 0.3 is 0 Å². The van der Waals surface area contributed by atoms with Gasteiger partial charge in [0.2, 0.25) is 0 Å². The molecule has 14 N–H and O–H groups in total. The van der Waals surface area contributed by atoms with E-state index >= 15 is 0 Å². The fourth-order valence-electron chi connectivity index (χ4n) is 5.33. The molecule has 0 bridgehead atoms. The van der Waals surface area contributed by atoms with Crippen LogP contribution in [0.3, 0.4) is 0 Å². The smallest absolute Gasteiger partial charge is 0.187 e. The van der Waals surface area contributed by atoms with Gasteiger partial charge in [-0.1, -0.05) is 0 Å². The Labute approximate surface area is 254 Å². The Morgan fingerprint density at radius 3 is 1.24 bits per heavy atom. The molecular formula is C24H42O21. The molecule has 21 nitrogen and oxygen atoms in total. The molecule has 4 fully saturated rings. The molecule has 20 atom stereocenters. The Bertz CT molecular complexity index is 914. The molecule has 0 aromatic heterocycles. The summed E-state index contributed by atoms with van der Waals surface area (Å²) in [6.45, 7) is -2.90. The summed E-state index contributed by atoms with van der Waals surface area (Å²) in [4.78, 5) is 0. The molecule has 4 unspecified atom stereocenters. The molecule has 4 aliphatic heterocycles. The van der Waals surface area contributed by atoms with Crippen LogP contribution in [-0.4, -0.2) is 221 Å². The van der Waals surface area contributed by atoms with Gasteiger partial charge in [0.05, 0.1) is 26.4 Å². The number of hydrogen-bond acceptors (Lipinski definition) is 21. The Balaban J connectivity index is 1.43. The van der Waals surface area contributed by atoms with Crippen LogP contribution in [0.1, 0.15) is 0 Å². The van der Waals surface area contributed by atoms with Crippen molar-refractivity contribution >= 4 is 0 Å². The minimum atomic E-state index is -1.99. The highest BCUT2D eigenvalue weighted by Gasteiger charge is 2.52. The van der Waals surface area contributed by atoms with E-state index in [1.54, 1.807) is 0 Å². The van der Waals surface area contributed by atoms with Crippen LogP contribution in [-0.2, 0) is 33.2 Å². The van der Waals surface area contributed by atoms with Crippen molar-refractivity contribution in [2.24, 2.45) is 0 Å². The van der Waals surface area contributed by atoms with Crippen molar-refractivity contribution in [2.45, 2.75) is 123 Å². The molecule has 0 saturated carbocycles. The first-order valence-corrected chi connectivity index (χ1v) is 14.1. The molecule has 45 heavy (non-hydrogen) atoms. The first kappa shape index (κ1) is 37.0. The Morgan fingerprint density at radius 1 is 0.378 bits per heavy atom. The van der Waals surface area contributed by atoms with Crippen molar-refractivity contribution in [3.05, 3.63) is 0 Å². The van der Waals surface area contributed by atoms with Crippen LogP contribution in [0.5, 0.6) is 0 Å². The monoisotopic (exact) mass is 666 g/mol. The number of hydrogen-bond donors (Lipinski definition) is 14. The topological polar surface area (TPSA) is 348 Å². The molecule has 4 aliphatic rings. The number of rotatable bonds is 10. The summed E-state index contributed by atoms with van der Waals surface area (Å²) in [6.07, 6.45) is -34.9. The lowest BCUT2D eigenvalue weighted by Crippen LogP contribution is -2.65. The molecule has 264 valence electrons. The van der Waals surface area contributed by atoms with Crippen molar-refractivity contribution in [1.82, 2.24) is 0 Å². The highest BCUT2D eigenvalue weighted by atomic mass is 16.8. The lowest BCUT2D eigenvalue weighted by Gasteiger charge is -2.46. The summed E-state index contributed by atoms with van der Waals surface area (Å²) < 4.78 is 37.6. The zero-order valence-corrected chi connectivity index (χ0v) is 23.5. The van der Waals surface area contributed by atoms with E-state index in [9.17, 15) is 71.5 Å². The summed E-state index contributed by atoms with van der Waals surface area (Å²) in [5.74, 6) is 0. The van der Waals surface area contributed by atoms with Crippen molar-refractivity contribution in [2.75, 3.05) is 26.4 Å². The van der Waals surface area contributed by atoms with Gasteiger partial charge in [-0.2, -0.15) is 0 Å². The lowest BCUT2D eigenvalue weighted by atomic mass is 9.96. The Morgan fingerprint density at radius 2 is 0.778 bits per heavy atom. The van der Waals surface area contributed by atoms with E-state index in [4.69, 9.17) is 33.2 Å². The van der Waals surface area contributed by atoms with Crippen molar-refractivity contribution < 1.29 is 105 Å². The zero-order chi connectivity index (χ0) is 33.3. The van der Waals surface area contributed by atoms with E-state index in [0.29, 0.717) is 0 Å².